The Morgan fingerprint density at radius 1 is 1.19 bits per heavy atom. The normalized spacial score (nSPS) is 16.0. The molecule has 0 bridgehead atoms. The molecule has 0 spiro atoms. The third-order valence-corrected chi connectivity index (χ3v) is 4.14. The van der Waals surface area contributed by atoms with E-state index in [9.17, 15) is 9.59 Å². The molecule has 2 aliphatic heterocycles. The molecule has 0 atom stereocenters. The average molecular weight is 355 g/mol. The van der Waals surface area contributed by atoms with Crippen LogP contribution in [0, 0.1) is 6.92 Å². The summed E-state index contributed by atoms with van der Waals surface area (Å²) in [6.45, 7) is 2.86. The van der Waals surface area contributed by atoms with Crippen LogP contribution in [0.2, 0.25) is 0 Å². The summed E-state index contributed by atoms with van der Waals surface area (Å²) >= 11 is 0. The zero-order valence-corrected chi connectivity index (χ0v) is 14.1. The van der Waals surface area contributed by atoms with E-state index in [1.54, 1.807) is 24.0 Å². The molecule has 2 aromatic rings. The number of fused-ring (bicyclic) bond motifs is 1. The third-order valence-electron chi connectivity index (χ3n) is 4.14. The van der Waals surface area contributed by atoms with Crippen LogP contribution in [0.5, 0.6) is 17.2 Å². The number of benzene rings is 1. The van der Waals surface area contributed by atoms with E-state index < -0.39 is 5.63 Å². The van der Waals surface area contributed by atoms with E-state index in [4.69, 9.17) is 18.6 Å². The number of aryl methyl sites for hydroxylation is 1. The molecule has 0 N–H and O–H groups in total. The molecule has 1 aromatic heterocycles. The second-order valence-electron chi connectivity index (χ2n) is 6.15. The molecular formula is C19H17NO6. The van der Waals surface area contributed by atoms with Crippen LogP contribution in [0.4, 0.5) is 0 Å². The van der Waals surface area contributed by atoms with Crippen LogP contribution < -0.4 is 19.8 Å². The van der Waals surface area contributed by atoms with Gasteiger partial charge >= 0.3 is 5.63 Å². The van der Waals surface area contributed by atoms with Crippen molar-refractivity contribution in [3.05, 3.63) is 58.2 Å². The van der Waals surface area contributed by atoms with Gasteiger partial charge in [-0.1, -0.05) is 6.07 Å². The van der Waals surface area contributed by atoms with Gasteiger partial charge in [-0.15, -0.1) is 0 Å². The van der Waals surface area contributed by atoms with Crippen LogP contribution in [0.25, 0.3) is 6.08 Å². The zero-order valence-electron chi connectivity index (χ0n) is 14.1. The summed E-state index contributed by atoms with van der Waals surface area (Å²) in [6.07, 6.45) is 3.14. The fourth-order valence-corrected chi connectivity index (χ4v) is 2.82. The molecule has 134 valence electrons. The number of amides is 1. The van der Waals surface area contributed by atoms with E-state index >= 15 is 0 Å². The molecule has 1 saturated heterocycles. The highest BCUT2D eigenvalue weighted by atomic mass is 16.7. The van der Waals surface area contributed by atoms with E-state index in [0.717, 1.165) is 5.56 Å². The maximum absolute atomic E-state index is 12.2. The molecule has 7 nitrogen and oxygen atoms in total. The fourth-order valence-electron chi connectivity index (χ4n) is 2.82. The molecule has 1 fully saturated rings. The Kier molecular flexibility index (Phi) is 4.12. The van der Waals surface area contributed by atoms with Gasteiger partial charge in [-0.3, -0.25) is 4.79 Å². The Balaban J connectivity index is 1.31. The minimum atomic E-state index is -0.445. The average Bonchev–Trinajstić information content (AvgIpc) is 3.02. The van der Waals surface area contributed by atoms with E-state index in [1.807, 2.05) is 18.2 Å². The number of ether oxygens (including phenoxy) is 3. The van der Waals surface area contributed by atoms with E-state index in [1.165, 1.54) is 12.1 Å². The molecule has 0 radical (unpaired) electrons. The standard InChI is InChI=1S/C19H17NO6/c1-12-6-14(8-19(22)25-12)26-15-9-20(10-15)18(21)5-3-13-2-4-16-17(7-13)24-11-23-16/h2-8,15H,9-11H2,1H3/b5-3+. The Bertz CT molecular complexity index is 926. The van der Waals surface area contributed by atoms with Crippen molar-refractivity contribution in [3.63, 3.8) is 0 Å². The number of hydrogen-bond donors (Lipinski definition) is 0. The lowest BCUT2D eigenvalue weighted by molar-refractivity contribution is -0.134. The monoisotopic (exact) mass is 355 g/mol. The molecule has 7 heteroatoms. The fraction of sp³-hybridized carbons (Fsp3) is 0.263. The summed E-state index contributed by atoms with van der Waals surface area (Å²) in [5.74, 6) is 2.26. The highest BCUT2D eigenvalue weighted by molar-refractivity contribution is 5.92. The molecular weight excluding hydrogens is 338 g/mol. The first-order chi connectivity index (χ1) is 12.6. The van der Waals surface area contributed by atoms with Crippen molar-refractivity contribution in [1.82, 2.24) is 4.90 Å². The number of rotatable bonds is 4. The van der Waals surface area contributed by atoms with Crippen molar-refractivity contribution in [2.75, 3.05) is 19.9 Å². The summed E-state index contributed by atoms with van der Waals surface area (Å²) in [5, 5.41) is 0. The van der Waals surface area contributed by atoms with Crippen molar-refractivity contribution in [3.8, 4) is 17.2 Å². The molecule has 0 unspecified atom stereocenters. The maximum Gasteiger partial charge on any atom is 0.339 e. The molecule has 3 heterocycles. The van der Waals surface area contributed by atoms with Gasteiger partial charge in [0.25, 0.3) is 0 Å². The van der Waals surface area contributed by atoms with Crippen LogP contribution >= 0.6 is 0 Å². The molecule has 1 amide bonds. The van der Waals surface area contributed by atoms with Gasteiger partial charge in [0, 0.05) is 12.1 Å². The second-order valence-corrected chi connectivity index (χ2v) is 6.15. The van der Waals surface area contributed by atoms with E-state index in [2.05, 4.69) is 0 Å². The molecule has 1 aromatic carbocycles. The first kappa shape index (κ1) is 16.3. The Hall–Kier alpha value is -3.22. The van der Waals surface area contributed by atoms with Gasteiger partial charge in [-0.2, -0.15) is 0 Å². The largest absolute Gasteiger partial charge is 0.486 e. The highest BCUT2D eigenvalue weighted by Gasteiger charge is 2.31. The minimum absolute atomic E-state index is 0.0914. The lowest BCUT2D eigenvalue weighted by Crippen LogP contribution is -2.55. The maximum atomic E-state index is 12.2. The number of nitrogens with zero attached hydrogens (tertiary/aromatic N) is 1. The van der Waals surface area contributed by atoms with Crippen LogP contribution in [0.15, 0.2) is 45.6 Å². The van der Waals surface area contributed by atoms with Gasteiger partial charge in [0.15, 0.2) is 11.5 Å². The van der Waals surface area contributed by atoms with Crippen molar-refractivity contribution in [2.24, 2.45) is 0 Å². The van der Waals surface area contributed by atoms with Crippen LogP contribution in [-0.4, -0.2) is 36.8 Å². The second kappa shape index (κ2) is 6.59. The highest BCUT2D eigenvalue weighted by Crippen LogP contribution is 2.32. The van der Waals surface area contributed by atoms with Gasteiger partial charge < -0.3 is 23.5 Å². The predicted octanol–water partition coefficient (Wildman–Crippen LogP) is 1.98. The lowest BCUT2D eigenvalue weighted by atomic mass is 10.1. The summed E-state index contributed by atoms with van der Waals surface area (Å²) in [5.41, 5.74) is 0.418. The van der Waals surface area contributed by atoms with Crippen molar-refractivity contribution in [1.29, 1.82) is 0 Å². The lowest BCUT2D eigenvalue weighted by Gasteiger charge is -2.38. The number of carbonyl (C=O) groups excluding carboxylic acids is 1. The minimum Gasteiger partial charge on any atom is -0.486 e. The molecule has 0 aliphatic carbocycles. The Labute approximate surface area is 149 Å². The quantitative estimate of drug-likeness (QED) is 0.781. The SMILES string of the molecule is Cc1cc(OC2CN(C(=O)/C=C/c3ccc4c(c3)OCO4)C2)cc(=O)o1. The van der Waals surface area contributed by atoms with Crippen molar-refractivity contribution < 1.29 is 23.4 Å². The van der Waals surface area contributed by atoms with Crippen molar-refractivity contribution >= 4 is 12.0 Å². The summed E-state index contributed by atoms with van der Waals surface area (Å²) in [4.78, 5) is 25.2. The molecule has 2 aliphatic rings. The van der Waals surface area contributed by atoms with Crippen LogP contribution in [0.1, 0.15) is 11.3 Å². The number of hydrogen-bond acceptors (Lipinski definition) is 6. The Morgan fingerprint density at radius 3 is 2.81 bits per heavy atom. The van der Waals surface area contributed by atoms with E-state index in [-0.39, 0.29) is 18.8 Å². The summed E-state index contributed by atoms with van der Waals surface area (Å²) in [7, 11) is 0. The van der Waals surface area contributed by atoms with Crippen LogP contribution in [-0.2, 0) is 4.79 Å². The third kappa shape index (κ3) is 3.42. The first-order valence-electron chi connectivity index (χ1n) is 8.22. The predicted molar refractivity (Wildman–Crippen MR) is 92.3 cm³/mol. The molecule has 4 rings (SSSR count). The van der Waals surface area contributed by atoms with E-state index in [0.29, 0.717) is 36.1 Å². The number of carbonyl (C=O) groups is 1. The topological polar surface area (TPSA) is 78.2 Å². The smallest absolute Gasteiger partial charge is 0.339 e. The van der Waals surface area contributed by atoms with Gasteiger partial charge in [0.05, 0.1) is 19.2 Å². The van der Waals surface area contributed by atoms with Crippen LogP contribution in [0.3, 0.4) is 0 Å². The van der Waals surface area contributed by atoms with Gasteiger partial charge in [0.2, 0.25) is 12.7 Å². The molecule has 0 saturated carbocycles. The van der Waals surface area contributed by atoms with Gasteiger partial charge in [-0.25, -0.2) is 4.79 Å². The Morgan fingerprint density at radius 2 is 2.00 bits per heavy atom. The number of likely N-dealkylation sites (tertiary alicyclic amines) is 1. The van der Waals surface area contributed by atoms with Gasteiger partial charge in [-0.05, 0) is 30.7 Å². The van der Waals surface area contributed by atoms with Gasteiger partial charge in [0.1, 0.15) is 17.6 Å². The molecule has 26 heavy (non-hydrogen) atoms. The summed E-state index contributed by atoms with van der Waals surface area (Å²) < 4.78 is 21.2. The van der Waals surface area contributed by atoms with Crippen molar-refractivity contribution in [2.45, 2.75) is 13.0 Å². The first-order valence-corrected chi connectivity index (χ1v) is 8.22. The summed E-state index contributed by atoms with van der Waals surface area (Å²) in [6, 6.07) is 8.47. The zero-order chi connectivity index (χ0) is 18.1.